The van der Waals surface area contributed by atoms with E-state index in [2.05, 4.69) is 4.98 Å². The molecule has 0 aliphatic carbocycles. The summed E-state index contributed by atoms with van der Waals surface area (Å²) < 4.78 is 2.01. The first-order valence-electron chi connectivity index (χ1n) is 7.59. The summed E-state index contributed by atoms with van der Waals surface area (Å²) >= 11 is 32.6. The van der Waals surface area contributed by atoms with Crippen LogP contribution in [0.15, 0.2) is 49.1 Å². The molecule has 1 unspecified atom stereocenters. The van der Waals surface area contributed by atoms with Gasteiger partial charge in [-0.25, -0.2) is 4.98 Å². The van der Waals surface area contributed by atoms with E-state index in [-0.39, 0.29) is 5.25 Å². The average molecular weight is 467 g/mol. The molecule has 8 heteroatoms. The van der Waals surface area contributed by atoms with Gasteiger partial charge in [-0.1, -0.05) is 64.1 Å². The number of hydrogen-bond acceptors (Lipinski definition) is 2. The van der Waals surface area contributed by atoms with Crippen molar-refractivity contribution >= 4 is 69.8 Å². The highest BCUT2D eigenvalue weighted by Crippen LogP contribution is 2.40. The zero-order valence-corrected chi connectivity index (χ0v) is 17.9. The molecular weight excluding hydrogens is 454 g/mol. The highest BCUT2D eigenvalue weighted by Gasteiger charge is 2.18. The van der Waals surface area contributed by atoms with Gasteiger partial charge in [-0.15, -0.1) is 11.8 Å². The van der Waals surface area contributed by atoms with Crippen LogP contribution in [0.4, 0.5) is 0 Å². The lowest BCUT2D eigenvalue weighted by Gasteiger charge is -2.20. The molecule has 2 nitrogen and oxygen atoms in total. The summed E-state index contributed by atoms with van der Waals surface area (Å²) in [5, 5.41) is 2.85. The molecular formula is C18H13Cl5N2S. The smallest absolute Gasteiger partial charge is 0.0946 e. The molecule has 0 saturated carbocycles. The second-order valence-electron chi connectivity index (χ2n) is 5.58. The van der Waals surface area contributed by atoms with Gasteiger partial charge in [0.05, 0.1) is 16.4 Å². The molecule has 0 N–H and O–H groups in total. The molecule has 0 bridgehead atoms. The molecule has 0 saturated heterocycles. The fourth-order valence-electron chi connectivity index (χ4n) is 2.45. The Morgan fingerprint density at radius 1 is 0.923 bits per heavy atom. The zero-order chi connectivity index (χ0) is 18.7. The predicted molar refractivity (Wildman–Crippen MR) is 114 cm³/mol. The average Bonchev–Trinajstić information content (AvgIpc) is 3.09. The molecule has 1 aromatic heterocycles. The first-order chi connectivity index (χ1) is 12.4. The first-order valence-corrected chi connectivity index (χ1v) is 10.5. The van der Waals surface area contributed by atoms with E-state index < -0.39 is 0 Å². The van der Waals surface area contributed by atoms with Gasteiger partial charge < -0.3 is 4.57 Å². The molecule has 0 aliphatic heterocycles. The van der Waals surface area contributed by atoms with Crippen molar-refractivity contribution < 1.29 is 0 Å². The third-order valence-electron chi connectivity index (χ3n) is 3.77. The molecule has 0 fully saturated rings. The Morgan fingerprint density at radius 3 is 2.38 bits per heavy atom. The normalized spacial score (nSPS) is 12.3. The Labute approximate surface area is 181 Å². The van der Waals surface area contributed by atoms with Gasteiger partial charge in [0.1, 0.15) is 0 Å². The van der Waals surface area contributed by atoms with E-state index in [9.17, 15) is 0 Å². The highest BCUT2D eigenvalue weighted by molar-refractivity contribution is 7.98. The number of hydrogen-bond donors (Lipinski definition) is 0. The van der Waals surface area contributed by atoms with Crippen LogP contribution in [0.3, 0.4) is 0 Å². The largest absolute Gasteiger partial charge is 0.336 e. The van der Waals surface area contributed by atoms with Crippen molar-refractivity contribution in [3.05, 3.63) is 85.3 Å². The van der Waals surface area contributed by atoms with Crippen LogP contribution in [-0.2, 0) is 12.3 Å². The number of imidazole rings is 1. The Bertz CT molecular complexity index is 899. The van der Waals surface area contributed by atoms with E-state index in [1.165, 1.54) is 0 Å². The van der Waals surface area contributed by atoms with Crippen molar-refractivity contribution in [2.45, 2.75) is 17.5 Å². The van der Waals surface area contributed by atoms with Crippen molar-refractivity contribution in [3.8, 4) is 0 Å². The fourth-order valence-corrected chi connectivity index (χ4v) is 5.06. The molecule has 1 heterocycles. The van der Waals surface area contributed by atoms with Crippen molar-refractivity contribution in [1.82, 2.24) is 9.55 Å². The van der Waals surface area contributed by atoms with Gasteiger partial charge in [0.15, 0.2) is 0 Å². The molecule has 26 heavy (non-hydrogen) atoms. The molecule has 136 valence electrons. The standard InChI is InChI=1S/C18H13Cl5N2S/c19-12-1-2-13(15(21)6-12)18(8-25-4-3-24-10-25)26-9-11-5-16(22)17(23)7-14(11)20/h1-7,10,18H,8-9H2. The number of aromatic nitrogens is 2. The fraction of sp³-hybridized carbons (Fsp3) is 0.167. The third kappa shape index (κ3) is 5.03. The number of nitrogens with zero attached hydrogens (tertiary/aromatic N) is 2. The summed E-state index contributed by atoms with van der Waals surface area (Å²) in [4.78, 5) is 4.11. The molecule has 0 radical (unpaired) electrons. The van der Waals surface area contributed by atoms with Crippen molar-refractivity contribution in [2.75, 3.05) is 0 Å². The minimum atomic E-state index is 0.0829. The second-order valence-corrected chi connectivity index (χ2v) is 8.84. The maximum absolute atomic E-state index is 6.44. The predicted octanol–water partition coefficient (Wildman–Crippen LogP) is 7.82. The molecule has 2 aromatic carbocycles. The molecule has 0 amide bonds. The Balaban J connectivity index is 1.85. The summed E-state index contributed by atoms with van der Waals surface area (Å²) in [7, 11) is 0. The molecule has 3 rings (SSSR count). The number of thioether (sulfide) groups is 1. The van der Waals surface area contributed by atoms with E-state index in [4.69, 9.17) is 58.0 Å². The Hall–Kier alpha value is -0.550. The lowest BCUT2D eigenvalue weighted by molar-refractivity contribution is 0.683. The zero-order valence-electron chi connectivity index (χ0n) is 13.3. The number of halogens is 5. The monoisotopic (exact) mass is 464 g/mol. The summed E-state index contributed by atoms with van der Waals surface area (Å²) in [6, 6.07) is 9.02. The lowest BCUT2D eigenvalue weighted by Crippen LogP contribution is -2.06. The van der Waals surface area contributed by atoms with Gasteiger partial charge in [0.25, 0.3) is 0 Å². The van der Waals surface area contributed by atoms with Crippen LogP contribution < -0.4 is 0 Å². The summed E-state index contributed by atoms with van der Waals surface area (Å²) in [6.07, 6.45) is 5.45. The summed E-state index contributed by atoms with van der Waals surface area (Å²) in [6.45, 7) is 0.713. The summed E-state index contributed by atoms with van der Waals surface area (Å²) in [5.41, 5.74) is 1.93. The minimum Gasteiger partial charge on any atom is -0.336 e. The van der Waals surface area contributed by atoms with E-state index in [1.807, 2.05) is 22.9 Å². The maximum Gasteiger partial charge on any atom is 0.0946 e. The van der Waals surface area contributed by atoms with E-state index >= 15 is 0 Å². The van der Waals surface area contributed by atoms with Crippen LogP contribution in [0.1, 0.15) is 16.4 Å². The van der Waals surface area contributed by atoms with Crippen molar-refractivity contribution in [1.29, 1.82) is 0 Å². The molecule has 0 spiro atoms. The van der Waals surface area contributed by atoms with Gasteiger partial charge in [-0.05, 0) is 35.4 Å². The third-order valence-corrected chi connectivity index (χ3v) is 6.69. The highest BCUT2D eigenvalue weighted by atomic mass is 35.5. The molecule has 0 aliphatic rings. The van der Waals surface area contributed by atoms with Gasteiger partial charge in [-0.2, -0.15) is 0 Å². The maximum atomic E-state index is 6.44. The topological polar surface area (TPSA) is 17.8 Å². The van der Waals surface area contributed by atoms with Crippen LogP contribution in [0.25, 0.3) is 0 Å². The number of benzene rings is 2. The van der Waals surface area contributed by atoms with Gasteiger partial charge in [0.2, 0.25) is 0 Å². The van der Waals surface area contributed by atoms with E-state index in [0.717, 1.165) is 11.1 Å². The van der Waals surface area contributed by atoms with Crippen LogP contribution in [-0.4, -0.2) is 9.55 Å². The first kappa shape index (κ1) is 20.2. The summed E-state index contributed by atoms with van der Waals surface area (Å²) in [5.74, 6) is 0.661. The van der Waals surface area contributed by atoms with Crippen molar-refractivity contribution in [3.63, 3.8) is 0 Å². The second kappa shape index (κ2) is 9.09. The van der Waals surface area contributed by atoms with Gasteiger partial charge in [-0.3, -0.25) is 0 Å². The Morgan fingerprint density at radius 2 is 1.69 bits per heavy atom. The SMILES string of the molecule is Clc1ccc(C(Cn2ccnc2)SCc2cc(Cl)c(Cl)cc2Cl)c(Cl)c1. The van der Waals surface area contributed by atoms with Gasteiger partial charge in [0, 0.05) is 45.0 Å². The van der Waals surface area contributed by atoms with Crippen molar-refractivity contribution in [2.24, 2.45) is 0 Å². The van der Waals surface area contributed by atoms with E-state index in [0.29, 0.717) is 37.4 Å². The van der Waals surface area contributed by atoms with Crippen LogP contribution in [0.5, 0.6) is 0 Å². The van der Waals surface area contributed by atoms with Gasteiger partial charge >= 0.3 is 0 Å². The lowest BCUT2D eigenvalue weighted by atomic mass is 10.1. The number of rotatable bonds is 6. The quantitative estimate of drug-likeness (QED) is 0.345. The molecule has 3 aromatic rings. The molecule has 1 atom stereocenters. The van der Waals surface area contributed by atoms with Crippen LogP contribution in [0.2, 0.25) is 25.1 Å². The van der Waals surface area contributed by atoms with Crippen LogP contribution in [0, 0.1) is 0 Å². The van der Waals surface area contributed by atoms with E-state index in [1.54, 1.807) is 42.5 Å². The van der Waals surface area contributed by atoms with Crippen LogP contribution >= 0.6 is 69.8 Å². The Kier molecular flexibility index (Phi) is 7.06. The minimum absolute atomic E-state index is 0.0829.